The van der Waals surface area contributed by atoms with Gasteiger partial charge in [-0.1, -0.05) is 97.1 Å². The minimum absolute atomic E-state index is 0.182. The monoisotopic (exact) mass is 496 g/mol. The van der Waals surface area contributed by atoms with Crippen LogP contribution in [-0.4, -0.2) is 22.6 Å². The van der Waals surface area contributed by atoms with Gasteiger partial charge in [-0.2, -0.15) is 5.10 Å². The van der Waals surface area contributed by atoms with Crippen LogP contribution in [0.25, 0.3) is 10.8 Å². The molecular formula is C33H24N2O3. The van der Waals surface area contributed by atoms with Crippen molar-refractivity contribution < 1.29 is 14.3 Å². The molecule has 0 aromatic heterocycles. The minimum Gasteiger partial charge on any atom is -0.422 e. The van der Waals surface area contributed by atoms with Gasteiger partial charge in [0.25, 0.3) is 5.91 Å². The Morgan fingerprint density at radius 1 is 0.684 bits per heavy atom. The lowest BCUT2D eigenvalue weighted by Gasteiger charge is -2.22. The summed E-state index contributed by atoms with van der Waals surface area (Å²) >= 11 is 0. The van der Waals surface area contributed by atoms with Gasteiger partial charge < -0.3 is 4.74 Å². The van der Waals surface area contributed by atoms with E-state index in [2.05, 4.69) is 0 Å². The summed E-state index contributed by atoms with van der Waals surface area (Å²) in [6, 6.07) is 39.4. The molecule has 6 rings (SSSR count). The number of hydrazone groups is 1. The second-order valence-electron chi connectivity index (χ2n) is 9.11. The second-order valence-corrected chi connectivity index (χ2v) is 9.11. The Hall–Kier alpha value is -5.03. The van der Waals surface area contributed by atoms with E-state index in [9.17, 15) is 9.59 Å². The average Bonchev–Trinajstić information content (AvgIpc) is 3.43. The number of rotatable bonds is 5. The maximum Gasteiger partial charge on any atom is 0.343 e. The Morgan fingerprint density at radius 3 is 2.00 bits per heavy atom. The molecule has 5 aromatic rings. The number of hydrogen-bond donors (Lipinski definition) is 0. The van der Waals surface area contributed by atoms with Crippen molar-refractivity contribution >= 4 is 28.4 Å². The predicted octanol–water partition coefficient (Wildman–Crippen LogP) is 7.05. The van der Waals surface area contributed by atoms with Crippen molar-refractivity contribution in [3.63, 3.8) is 0 Å². The third kappa shape index (κ3) is 4.46. The van der Waals surface area contributed by atoms with Crippen molar-refractivity contribution in [2.75, 3.05) is 0 Å². The Bertz CT molecular complexity index is 1650. The molecule has 0 radical (unpaired) electrons. The van der Waals surface area contributed by atoms with Gasteiger partial charge >= 0.3 is 5.97 Å². The van der Waals surface area contributed by atoms with Crippen LogP contribution in [0, 0.1) is 0 Å². The van der Waals surface area contributed by atoms with Crippen molar-refractivity contribution in [2.24, 2.45) is 5.10 Å². The quantitative estimate of drug-likeness (QED) is 0.193. The van der Waals surface area contributed by atoms with Crippen molar-refractivity contribution in [3.8, 4) is 5.75 Å². The van der Waals surface area contributed by atoms with Crippen molar-refractivity contribution in [1.29, 1.82) is 0 Å². The second kappa shape index (κ2) is 10.1. The minimum atomic E-state index is -0.446. The van der Waals surface area contributed by atoms with Crippen LogP contribution in [-0.2, 0) is 0 Å². The van der Waals surface area contributed by atoms with Gasteiger partial charge in [-0.3, -0.25) is 4.79 Å². The maximum absolute atomic E-state index is 13.6. The van der Waals surface area contributed by atoms with E-state index in [0.717, 1.165) is 16.3 Å². The van der Waals surface area contributed by atoms with Crippen molar-refractivity contribution in [1.82, 2.24) is 5.01 Å². The molecule has 1 heterocycles. The number of carbonyl (C=O) groups excluding carboxylic acids is 2. The smallest absolute Gasteiger partial charge is 0.343 e. The lowest BCUT2D eigenvalue weighted by molar-refractivity contribution is 0.0708. The van der Waals surface area contributed by atoms with E-state index in [-0.39, 0.29) is 11.9 Å². The largest absolute Gasteiger partial charge is 0.422 e. The molecule has 1 atom stereocenters. The van der Waals surface area contributed by atoms with Gasteiger partial charge in [0, 0.05) is 22.9 Å². The van der Waals surface area contributed by atoms with Gasteiger partial charge in [-0.15, -0.1) is 0 Å². The Kier molecular flexibility index (Phi) is 6.24. The molecule has 0 aliphatic carbocycles. The average molecular weight is 497 g/mol. The number of amides is 1. The lowest BCUT2D eigenvalue weighted by atomic mass is 9.95. The van der Waals surface area contributed by atoms with E-state index in [1.165, 1.54) is 0 Å². The summed E-state index contributed by atoms with van der Waals surface area (Å²) < 4.78 is 6.06. The van der Waals surface area contributed by atoms with Crippen LogP contribution in [0.3, 0.4) is 0 Å². The zero-order chi connectivity index (χ0) is 25.9. The van der Waals surface area contributed by atoms with E-state index in [1.54, 1.807) is 41.4 Å². The van der Waals surface area contributed by atoms with Crippen LogP contribution in [0.2, 0.25) is 0 Å². The van der Waals surface area contributed by atoms with Gasteiger partial charge in [0.1, 0.15) is 5.75 Å². The Balaban J connectivity index is 1.46. The molecule has 0 unspecified atom stereocenters. The molecule has 5 nitrogen and oxygen atoms in total. The van der Waals surface area contributed by atoms with E-state index < -0.39 is 5.97 Å². The summed E-state index contributed by atoms with van der Waals surface area (Å²) in [5.41, 5.74) is 3.39. The van der Waals surface area contributed by atoms with E-state index in [0.29, 0.717) is 34.6 Å². The molecule has 184 valence electrons. The molecule has 0 saturated heterocycles. The van der Waals surface area contributed by atoms with Crippen LogP contribution in [0.4, 0.5) is 0 Å². The molecular weight excluding hydrogens is 472 g/mol. The molecule has 0 spiro atoms. The fourth-order valence-corrected chi connectivity index (χ4v) is 4.81. The van der Waals surface area contributed by atoms with Gasteiger partial charge in [0.15, 0.2) is 0 Å². The van der Waals surface area contributed by atoms with Gasteiger partial charge in [-0.25, -0.2) is 9.80 Å². The Morgan fingerprint density at radius 2 is 1.29 bits per heavy atom. The first-order valence-corrected chi connectivity index (χ1v) is 12.5. The fraction of sp³-hybridized carbons (Fsp3) is 0.0606. The molecule has 1 aliphatic heterocycles. The molecule has 1 amide bonds. The standard InChI is InChI=1S/C33H24N2O3/c36-32(25-15-6-2-7-16-25)35-30(24-13-4-1-5-14-24)22-29(34-35)28-21-20-23-12-10-11-19-27(23)31(28)38-33(37)26-17-8-3-9-18-26/h1-21,30H,22H2/t30-/m0/s1. The normalized spacial score (nSPS) is 14.8. The molecule has 0 bridgehead atoms. The highest BCUT2D eigenvalue weighted by molar-refractivity contribution is 6.11. The van der Waals surface area contributed by atoms with Crippen LogP contribution in [0.15, 0.2) is 132 Å². The third-order valence-electron chi connectivity index (χ3n) is 6.72. The van der Waals surface area contributed by atoms with Crippen LogP contribution < -0.4 is 4.74 Å². The zero-order valence-electron chi connectivity index (χ0n) is 20.5. The molecule has 0 saturated carbocycles. The van der Waals surface area contributed by atoms with E-state index in [4.69, 9.17) is 9.84 Å². The molecule has 5 aromatic carbocycles. The molecule has 38 heavy (non-hydrogen) atoms. The summed E-state index contributed by atoms with van der Waals surface area (Å²) in [6.07, 6.45) is 0.483. The number of ether oxygens (including phenoxy) is 1. The summed E-state index contributed by atoms with van der Waals surface area (Å²) in [6.45, 7) is 0. The number of carbonyl (C=O) groups is 2. The van der Waals surface area contributed by atoms with Crippen molar-refractivity contribution in [2.45, 2.75) is 12.5 Å². The first kappa shape index (κ1) is 23.4. The number of esters is 1. The van der Waals surface area contributed by atoms with E-state index >= 15 is 0 Å². The fourth-order valence-electron chi connectivity index (χ4n) is 4.81. The number of fused-ring (bicyclic) bond motifs is 1. The summed E-state index contributed by atoms with van der Waals surface area (Å²) in [4.78, 5) is 26.7. The maximum atomic E-state index is 13.6. The number of nitrogens with zero attached hydrogens (tertiary/aromatic N) is 2. The first-order valence-electron chi connectivity index (χ1n) is 12.5. The molecule has 5 heteroatoms. The summed E-state index contributed by atoms with van der Waals surface area (Å²) in [5, 5.41) is 8.16. The molecule has 1 aliphatic rings. The third-order valence-corrected chi connectivity index (χ3v) is 6.72. The SMILES string of the molecule is O=C(Oc1c(C2=NN(C(=O)c3ccccc3)[C@H](c3ccccc3)C2)ccc2ccccc12)c1ccccc1. The van der Waals surface area contributed by atoms with Gasteiger partial charge in [0.2, 0.25) is 0 Å². The number of benzene rings is 5. The first-order chi connectivity index (χ1) is 18.7. The predicted molar refractivity (Wildman–Crippen MR) is 148 cm³/mol. The highest BCUT2D eigenvalue weighted by Gasteiger charge is 2.35. The van der Waals surface area contributed by atoms with Crippen LogP contribution >= 0.6 is 0 Å². The lowest BCUT2D eigenvalue weighted by Crippen LogP contribution is -2.27. The number of hydrogen-bond acceptors (Lipinski definition) is 4. The summed E-state index contributed by atoms with van der Waals surface area (Å²) in [5.74, 6) is -0.187. The molecule has 0 N–H and O–H groups in total. The van der Waals surface area contributed by atoms with Crippen molar-refractivity contribution in [3.05, 3.63) is 150 Å². The van der Waals surface area contributed by atoms with Gasteiger partial charge in [0.05, 0.1) is 17.3 Å². The van der Waals surface area contributed by atoms with Gasteiger partial charge in [-0.05, 0) is 41.3 Å². The zero-order valence-corrected chi connectivity index (χ0v) is 20.5. The highest BCUT2D eigenvalue weighted by Crippen LogP contribution is 2.38. The van der Waals surface area contributed by atoms with Crippen LogP contribution in [0.1, 0.15) is 44.3 Å². The Labute approximate surface area is 220 Å². The summed E-state index contributed by atoms with van der Waals surface area (Å²) in [7, 11) is 0. The topological polar surface area (TPSA) is 59.0 Å². The van der Waals surface area contributed by atoms with Crippen LogP contribution in [0.5, 0.6) is 5.75 Å². The highest BCUT2D eigenvalue weighted by atomic mass is 16.5. The molecule has 0 fully saturated rings. The van der Waals surface area contributed by atoms with E-state index in [1.807, 2.05) is 91.0 Å².